The number of nitrogens with zero attached hydrogens (tertiary/aromatic N) is 3. The molecule has 0 radical (unpaired) electrons. The molecule has 0 spiro atoms. The van der Waals surface area contributed by atoms with Crippen LogP contribution in [0.15, 0.2) is 60.9 Å². The summed E-state index contributed by atoms with van der Waals surface area (Å²) in [5.74, 6) is 0. The topological polar surface area (TPSA) is 108 Å². The van der Waals surface area contributed by atoms with E-state index in [9.17, 15) is 13.2 Å². The second-order valence-corrected chi connectivity index (χ2v) is 11.2. The number of hydrogen-bond donors (Lipinski definition) is 1. The molecular formula is C24H29ClN4O4S. The number of carbonyl (C=O) groups is 1. The van der Waals surface area contributed by atoms with Crippen molar-refractivity contribution in [3.8, 4) is 0 Å². The molecule has 0 aliphatic carbocycles. The lowest BCUT2D eigenvalue weighted by Gasteiger charge is -2.32. The predicted molar refractivity (Wildman–Crippen MR) is 135 cm³/mol. The van der Waals surface area contributed by atoms with Gasteiger partial charge in [-0.2, -0.15) is 9.40 Å². The van der Waals surface area contributed by atoms with E-state index >= 15 is 0 Å². The second kappa shape index (κ2) is 9.31. The number of nitrogens with two attached hydrogens (primary N) is 1. The maximum Gasteiger partial charge on any atom is 0.428 e. The van der Waals surface area contributed by atoms with Crippen molar-refractivity contribution >= 4 is 44.3 Å². The van der Waals surface area contributed by atoms with Gasteiger partial charge in [-0.25, -0.2) is 13.2 Å². The van der Waals surface area contributed by atoms with Gasteiger partial charge in [0.15, 0.2) is 0 Å². The van der Waals surface area contributed by atoms with Crippen LogP contribution in [0.4, 0.5) is 10.5 Å². The molecule has 3 rings (SSSR count). The van der Waals surface area contributed by atoms with Gasteiger partial charge in [0.05, 0.1) is 23.7 Å². The van der Waals surface area contributed by atoms with Crippen LogP contribution in [0.3, 0.4) is 0 Å². The summed E-state index contributed by atoms with van der Waals surface area (Å²) in [4.78, 5) is 12.9. The van der Waals surface area contributed by atoms with Gasteiger partial charge < -0.3 is 10.5 Å². The SMILES string of the molecule is CCC(/C=C/N)(c1ccc(Cl)cc1)n1ncc2c(N(C(=O)OC(C)(C)C)S(C)(=O)=O)cccc21. The fraction of sp³-hybridized carbons (Fsp3) is 0.333. The highest BCUT2D eigenvalue weighted by atomic mass is 35.5. The highest BCUT2D eigenvalue weighted by molar-refractivity contribution is 7.92. The Labute approximate surface area is 205 Å². The van der Waals surface area contributed by atoms with Crippen LogP contribution in [-0.2, 0) is 20.3 Å². The Morgan fingerprint density at radius 1 is 1.21 bits per heavy atom. The van der Waals surface area contributed by atoms with E-state index < -0.39 is 27.3 Å². The predicted octanol–water partition coefficient (Wildman–Crippen LogP) is 5.02. The van der Waals surface area contributed by atoms with Gasteiger partial charge in [0.2, 0.25) is 10.0 Å². The molecule has 3 aromatic rings. The molecule has 1 heterocycles. The maximum absolute atomic E-state index is 12.9. The van der Waals surface area contributed by atoms with Gasteiger partial charge in [0.1, 0.15) is 11.1 Å². The number of halogens is 1. The van der Waals surface area contributed by atoms with E-state index in [0.29, 0.717) is 26.7 Å². The van der Waals surface area contributed by atoms with E-state index in [2.05, 4.69) is 5.10 Å². The average Bonchev–Trinajstić information content (AvgIpc) is 3.16. The first-order valence-corrected chi connectivity index (χ1v) is 12.9. The smallest absolute Gasteiger partial charge is 0.428 e. The normalized spacial score (nSPS) is 14.3. The number of anilines is 1. The molecule has 10 heteroatoms. The van der Waals surface area contributed by atoms with Crippen LogP contribution in [-0.4, -0.2) is 36.1 Å². The number of aromatic nitrogens is 2. The Bertz CT molecular complexity index is 1330. The lowest BCUT2D eigenvalue weighted by atomic mass is 9.87. The Balaban J connectivity index is 2.28. The number of allylic oxidation sites excluding steroid dienone is 1. The third kappa shape index (κ3) is 4.90. The standard InChI is InChI=1S/C24H29ClN4O4S/c1-6-24(14-15-26,17-10-12-18(25)13-11-17)29-21-9-7-8-20(19(21)16-27-29)28(34(5,31)32)22(30)33-23(2,3)4/h7-16H,6,26H2,1-5H3/b15-14+. The molecule has 0 aliphatic heterocycles. The fourth-order valence-corrected chi connectivity index (χ4v) is 4.86. The van der Waals surface area contributed by atoms with Crippen LogP contribution in [0.25, 0.3) is 10.9 Å². The summed E-state index contributed by atoms with van der Waals surface area (Å²) in [6, 6.07) is 12.4. The largest absolute Gasteiger partial charge is 0.443 e. The molecule has 1 unspecified atom stereocenters. The zero-order valence-electron chi connectivity index (χ0n) is 19.8. The highest BCUT2D eigenvalue weighted by Gasteiger charge is 2.35. The molecular weight excluding hydrogens is 476 g/mol. The minimum atomic E-state index is -4.01. The van der Waals surface area contributed by atoms with E-state index in [-0.39, 0.29) is 5.69 Å². The molecule has 1 aromatic heterocycles. The monoisotopic (exact) mass is 504 g/mol. The van der Waals surface area contributed by atoms with Gasteiger partial charge in [0.25, 0.3) is 0 Å². The molecule has 1 amide bonds. The quantitative estimate of drug-likeness (QED) is 0.505. The van der Waals surface area contributed by atoms with Crippen LogP contribution in [0, 0.1) is 0 Å². The number of carbonyl (C=O) groups excluding carboxylic acids is 1. The number of benzene rings is 2. The minimum absolute atomic E-state index is 0.151. The van der Waals surface area contributed by atoms with Crippen molar-refractivity contribution in [2.75, 3.05) is 10.6 Å². The zero-order valence-corrected chi connectivity index (χ0v) is 21.4. The molecule has 2 N–H and O–H groups in total. The first kappa shape index (κ1) is 25.6. The van der Waals surface area contributed by atoms with Gasteiger partial charge >= 0.3 is 6.09 Å². The molecule has 0 saturated carbocycles. The third-order valence-corrected chi connectivity index (χ3v) is 6.59. The van der Waals surface area contributed by atoms with E-state index in [0.717, 1.165) is 11.8 Å². The van der Waals surface area contributed by atoms with Crippen LogP contribution in [0.5, 0.6) is 0 Å². The van der Waals surface area contributed by atoms with Gasteiger partial charge in [-0.05, 0) is 69.3 Å². The Morgan fingerprint density at radius 3 is 2.38 bits per heavy atom. The van der Waals surface area contributed by atoms with Crippen molar-refractivity contribution in [3.63, 3.8) is 0 Å². The van der Waals surface area contributed by atoms with Gasteiger partial charge in [-0.15, -0.1) is 0 Å². The van der Waals surface area contributed by atoms with E-state index in [1.165, 1.54) is 12.4 Å². The average molecular weight is 505 g/mol. The Hall–Kier alpha value is -3.04. The molecule has 1 atom stereocenters. The lowest BCUT2D eigenvalue weighted by molar-refractivity contribution is 0.0609. The molecule has 0 saturated heterocycles. The van der Waals surface area contributed by atoms with E-state index in [1.54, 1.807) is 49.7 Å². The number of rotatable bonds is 6. The van der Waals surface area contributed by atoms with Crippen LogP contribution in [0.2, 0.25) is 5.02 Å². The summed E-state index contributed by atoms with van der Waals surface area (Å²) in [6.07, 6.45) is 5.39. The molecule has 2 aromatic carbocycles. The van der Waals surface area contributed by atoms with E-state index in [1.807, 2.05) is 31.2 Å². The number of amides is 1. The first-order chi connectivity index (χ1) is 15.8. The van der Waals surface area contributed by atoms with Gasteiger partial charge in [-0.3, -0.25) is 4.68 Å². The van der Waals surface area contributed by atoms with Crippen molar-refractivity contribution in [1.82, 2.24) is 9.78 Å². The van der Waals surface area contributed by atoms with Crippen LogP contribution >= 0.6 is 11.6 Å². The summed E-state index contributed by atoms with van der Waals surface area (Å²) >= 11 is 6.10. The number of hydrogen-bond acceptors (Lipinski definition) is 6. The van der Waals surface area contributed by atoms with Crippen molar-refractivity contribution in [3.05, 3.63) is 71.5 Å². The zero-order chi connectivity index (χ0) is 25.3. The molecule has 8 nitrogen and oxygen atoms in total. The third-order valence-electron chi connectivity index (χ3n) is 5.33. The highest BCUT2D eigenvalue weighted by Crippen LogP contribution is 2.37. The molecule has 182 valence electrons. The van der Waals surface area contributed by atoms with Crippen LogP contribution < -0.4 is 10.0 Å². The summed E-state index contributed by atoms with van der Waals surface area (Å²) < 4.78 is 33.2. The summed E-state index contributed by atoms with van der Waals surface area (Å²) in [5, 5.41) is 5.68. The Kier molecular flexibility index (Phi) is 7.00. The maximum atomic E-state index is 12.9. The summed E-state index contributed by atoms with van der Waals surface area (Å²) in [6.45, 7) is 7.01. The fourth-order valence-electron chi connectivity index (χ4n) is 3.91. The van der Waals surface area contributed by atoms with Crippen molar-refractivity contribution in [2.24, 2.45) is 5.73 Å². The van der Waals surface area contributed by atoms with Crippen molar-refractivity contribution in [2.45, 2.75) is 45.3 Å². The summed E-state index contributed by atoms with van der Waals surface area (Å²) in [7, 11) is -4.01. The number of fused-ring (bicyclic) bond motifs is 1. The summed E-state index contributed by atoms with van der Waals surface area (Å²) in [5.41, 5.74) is 5.85. The molecule has 34 heavy (non-hydrogen) atoms. The minimum Gasteiger partial charge on any atom is -0.443 e. The van der Waals surface area contributed by atoms with E-state index in [4.69, 9.17) is 22.1 Å². The van der Waals surface area contributed by atoms with Gasteiger partial charge in [0, 0.05) is 10.4 Å². The molecule has 0 aliphatic rings. The van der Waals surface area contributed by atoms with Crippen molar-refractivity contribution < 1.29 is 17.9 Å². The molecule has 0 fully saturated rings. The number of sulfonamides is 1. The Morgan fingerprint density at radius 2 is 1.85 bits per heavy atom. The second-order valence-electron chi connectivity index (χ2n) is 8.92. The first-order valence-electron chi connectivity index (χ1n) is 10.7. The lowest BCUT2D eigenvalue weighted by Crippen LogP contribution is -2.40. The van der Waals surface area contributed by atoms with Gasteiger partial charge in [-0.1, -0.05) is 36.7 Å². The number of ether oxygens (including phenoxy) is 1. The molecule has 0 bridgehead atoms. The van der Waals surface area contributed by atoms with Crippen LogP contribution in [0.1, 0.15) is 39.7 Å². The van der Waals surface area contributed by atoms with Crippen molar-refractivity contribution in [1.29, 1.82) is 0 Å².